The van der Waals surface area contributed by atoms with Gasteiger partial charge in [-0.05, 0) is 12.1 Å². The third kappa shape index (κ3) is 1.93. The normalized spacial score (nSPS) is 12.6. The van der Waals surface area contributed by atoms with Crippen LogP contribution in [-0.4, -0.2) is 8.76 Å². The first kappa shape index (κ1) is 9.95. The summed E-state index contributed by atoms with van der Waals surface area (Å²) in [6, 6.07) is 10.3. The summed E-state index contributed by atoms with van der Waals surface area (Å²) in [5, 5.41) is 1.46. The molecule has 0 saturated heterocycles. The zero-order chi connectivity index (χ0) is 10.8. The van der Waals surface area contributed by atoms with Crippen molar-refractivity contribution in [3.8, 4) is 5.75 Å². The van der Waals surface area contributed by atoms with Crippen molar-refractivity contribution < 1.29 is 12.9 Å². The predicted molar refractivity (Wildman–Crippen MR) is 57.9 cm³/mol. The van der Waals surface area contributed by atoms with E-state index in [4.69, 9.17) is 5.73 Å². The lowest BCUT2D eigenvalue weighted by molar-refractivity contribution is 0.442. The molecule has 78 valence electrons. The molecule has 0 aliphatic carbocycles. The summed E-state index contributed by atoms with van der Waals surface area (Å²) in [7, 11) is 0. The number of nitrogens with two attached hydrogens (primary N) is 1. The van der Waals surface area contributed by atoms with Gasteiger partial charge in [0.25, 0.3) is 0 Å². The molecule has 15 heavy (non-hydrogen) atoms. The lowest BCUT2D eigenvalue weighted by atomic mass is 10.1. The summed E-state index contributed by atoms with van der Waals surface area (Å²) in [4.78, 5) is 0. The first-order valence-corrected chi connectivity index (χ1v) is 5.23. The van der Waals surface area contributed by atoms with Gasteiger partial charge in [0.2, 0.25) is 0 Å². The lowest BCUT2D eigenvalue weighted by Crippen LogP contribution is -1.98. The van der Waals surface area contributed by atoms with E-state index in [1.54, 1.807) is 30.3 Å². The van der Waals surface area contributed by atoms with Crippen molar-refractivity contribution >= 4 is 27.8 Å². The second-order valence-electron chi connectivity index (χ2n) is 2.99. The second kappa shape index (κ2) is 3.88. The van der Waals surface area contributed by atoms with Gasteiger partial charge in [-0.15, -0.1) is 0 Å². The summed E-state index contributed by atoms with van der Waals surface area (Å²) in [5.74, 6) is 0.285. The molecule has 0 saturated carbocycles. The molecule has 2 aromatic carbocycles. The molecule has 0 amide bonds. The first-order valence-electron chi connectivity index (χ1n) is 4.23. The van der Waals surface area contributed by atoms with Crippen LogP contribution in [-0.2, 0) is 11.4 Å². The highest BCUT2D eigenvalue weighted by atomic mass is 32.2. The Labute approximate surface area is 89.2 Å². The summed E-state index contributed by atoms with van der Waals surface area (Å²) in [6.07, 6.45) is 0. The van der Waals surface area contributed by atoms with Crippen LogP contribution in [0.4, 0.5) is 5.69 Å². The fourth-order valence-electron chi connectivity index (χ4n) is 1.45. The van der Waals surface area contributed by atoms with Gasteiger partial charge in [0.05, 0.1) is 0 Å². The minimum atomic E-state index is -2.57. The van der Waals surface area contributed by atoms with Crippen LogP contribution in [0, 0.1) is 0 Å². The molecule has 0 aliphatic heterocycles. The maximum absolute atomic E-state index is 10.4. The Bertz CT molecular complexity index is 527. The van der Waals surface area contributed by atoms with Crippen LogP contribution in [0.5, 0.6) is 5.75 Å². The molecule has 2 aromatic rings. The van der Waals surface area contributed by atoms with E-state index in [1.807, 2.05) is 6.07 Å². The third-order valence-corrected chi connectivity index (χ3v) is 2.39. The standard InChI is InChI=1S/C10H9NO3S/c11-9-5-1-4-8-7(9)3-2-6-10(8)14-15(12)13/h1-6H,11H2,(H,12,13)/p-1. The van der Waals surface area contributed by atoms with E-state index in [0.29, 0.717) is 11.1 Å². The number of anilines is 1. The Morgan fingerprint density at radius 1 is 1.13 bits per heavy atom. The van der Waals surface area contributed by atoms with E-state index < -0.39 is 11.4 Å². The van der Waals surface area contributed by atoms with Crippen LogP contribution in [0.25, 0.3) is 10.8 Å². The Hall–Kier alpha value is -1.59. The van der Waals surface area contributed by atoms with E-state index in [2.05, 4.69) is 4.18 Å². The van der Waals surface area contributed by atoms with Gasteiger partial charge in [0.15, 0.2) is 0 Å². The van der Waals surface area contributed by atoms with Gasteiger partial charge in [0, 0.05) is 16.5 Å². The fraction of sp³-hybridized carbons (Fsp3) is 0. The Kier molecular flexibility index (Phi) is 2.57. The zero-order valence-corrected chi connectivity index (χ0v) is 8.49. The van der Waals surface area contributed by atoms with Gasteiger partial charge in [0.1, 0.15) is 17.1 Å². The van der Waals surface area contributed by atoms with Crippen LogP contribution in [0.15, 0.2) is 36.4 Å². The SMILES string of the molecule is Nc1cccc2c(OS(=O)[O-])cccc12. The Balaban J connectivity index is 2.65. The molecule has 0 radical (unpaired) electrons. The number of fused-ring (bicyclic) bond motifs is 1. The van der Waals surface area contributed by atoms with E-state index >= 15 is 0 Å². The van der Waals surface area contributed by atoms with Crippen molar-refractivity contribution in [2.45, 2.75) is 0 Å². The maximum atomic E-state index is 10.4. The predicted octanol–water partition coefficient (Wildman–Crippen LogP) is 1.59. The molecule has 5 heteroatoms. The van der Waals surface area contributed by atoms with Crippen molar-refractivity contribution in [3.05, 3.63) is 36.4 Å². The molecule has 0 aliphatic rings. The molecule has 0 aromatic heterocycles. The lowest BCUT2D eigenvalue weighted by Gasteiger charge is -2.10. The molecule has 0 bridgehead atoms. The van der Waals surface area contributed by atoms with Gasteiger partial charge in [-0.25, -0.2) is 4.21 Å². The zero-order valence-electron chi connectivity index (χ0n) is 7.67. The van der Waals surface area contributed by atoms with Crippen molar-refractivity contribution in [3.63, 3.8) is 0 Å². The Morgan fingerprint density at radius 2 is 1.80 bits per heavy atom. The molecule has 2 rings (SSSR count). The molecule has 1 unspecified atom stereocenters. The highest BCUT2D eigenvalue weighted by Gasteiger charge is 2.03. The molecule has 0 fully saturated rings. The number of rotatable bonds is 2. The highest BCUT2D eigenvalue weighted by molar-refractivity contribution is 7.74. The average molecular weight is 222 g/mol. The van der Waals surface area contributed by atoms with Crippen LogP contribution < -0.4 is 9.92 Å². The Morgan fingerprint density at radius 3 is 2.53 bits per heavy atom. The summed E-state index contributed by atoms with van der Waals surface area (Å²) in [6.45, 7) is 0. The number of nitrogen functional groups attached to an aromatic ring is 1. The van der Waals surface area contributed by atoms with Crippen molar-refractivity contribution in [1.82, 2.24) is 0 Å². The van der Waals surface area contributed by atoms with E-state index in [-0.39, 0.29) is 5.75 Å². The maximum Gasteiger partial charge on any atom is 0.147 e. The molecule has 0 spiro atoms. The first-order chi connectivity index (χ1) is 7.18. The van der Waals surface area contributed by atoms with Crippen molar-refractivity contribution in [1.29, 1.82) is 0 Å². The van der Waals surface area contributed by atoms with Crippen LogP contribution in [0.1, 0.15) is 0 Å². The van der Waals surface area contributed by atoms with E-state index in [0.717, 1.165) is 5.39 Å². The number of hydrogen-bond donors (Lipinski definition) is 1. The van der Waals surface area contributed by atoms with Gasteiger partial charge >= 0.3 is 0 Å². The van der Waals surface area contributed by atoms with Crippen molar-refractivity contribution in [2.24, 2.45) is 0 Å². The van der Waals surface area contributed by atoms with Crippen LogP contribution in [0.3, 0.4) is 0 Å². The third-order valence-electron chi connectivity index (χ3n) is 2.07. The second-order valence-corrected chi connectivity index (χ2v) is 3.56. The minimum absolute atomic E-state index is 0.285. The smallest absolute Gasteiger partial charge is 0.147 e. The van der Waals surface area contributed by atoms with E-state index in [9.17, 15) is 8.76 Å². The van der Waals surface area contributed by atoms with E-state index in [1.165, 1.54) is 0 Å². The van der Waals surface area contributed by atoms with Crippen LogP contribution in [0.2, 0.25) is 0 Å². The quantitative estimate of drug-likeness (QED) is 0.618. The summed E-state index contributed by atoms with van der Waals surface area (Å²) >= 11 is -2.57. The molecular formula is C10H8NO3S-. The molecular weight excluding hydrogens is 214 g/mol. The molecule has 1 atom stereocenters. The van der Waals surface area contributed by atoms with Gasteiger partial charge in [-0.3, -0.25) is 0 Å². The highest BCUT2D eigenvalue weighted by Crippen LogP contribution is 2.29. The number of benzene rings is 2. The van der Waals surface area contributed by atoms with Gasteiger partial charge in [-0.1, -0.05) is 24.3 Å². The molecule has 0 heterocycles. The topological polar surface area (TPSA) is 75.4 Å². The molecule has 2 N–H and O–H groups in total. The van der Waals surface area contributed by atoms with Crippen LogP contribution >= 0.6 is 0 Å². The van der Waals surface area contributed by atoms with Gasteiger partial charge < -0.3 is 14.5 Å². The van der Waals surface area contributed by atoms with Gasteiger partial charge in [-0.2, -0.15) is 0 Å². The molecule has 4 nitrogen and oxygen atoms in total. The number of hydrogen-bond acceptors (Lipinski definition) is 4. The fourth-order valence-corrected chi connectivity index (χ4v) is 1.74. The largest absolute Gasteiger partial charge is 0.740 e. The minimum Gasteiger partial charge on any atom is -0.740 e. The summed E-state index contributed by atoms with van der Waals surface area (Å²) < 4.78 is 25.5. The monoisotopic (exact) mass is 222 g/mol. The average Bonchev–Trinajstić information content (AvgIpc) is 2.19. The van der Waals surface area contributed by atoms with Crippen molar-refractivity contribution in [2.75, 3.05) is 5.73 Å². The summed E-state index contributed by atoms with van der Waals surface area (Å²) in [5.41, 5.74) is 6.34.